The molecule has 5 rings (SSSR count). The fourth-order valence-corrected chi connectivity index (χ4v) is 4.15. The van der Waals surface area contributed by atoms with Crippen molar-refractivity contribution in [3.63, 3.8) is 0 Å². The van der Waals surface area contributed by atoms with Crippen LogP contribution in [0.1, 0.15) is 30.1 Å². The average Bonchev–Trinajstić information content (AvgIpc) is 3.42. The molecule has 32 heavy (non-hydrogen) atoms. The number of nitrogens with two attached hydrogens (primary N) is 1. The summed E-state index contributed by atoms with van der Waals surface area (Å²) in [5, 5.41) is 2.97. The highest BCUT2D eigenvalue weighted by atomic mass is 16.5. The quantitative estimate of drug-likeness (QED) is 0.484. The number of nitrogens with one attached hydrogen (secondary N) is 1. The summed E-state index contributed by atoms with van der Waals surface area (Å²) in [6.45, 7) is 3.58. The molecule has 2 aromatic carbocycles. The molecule has 164 valence electrons. The van der Waals surface area contributed by atoms with Crippen LogP contribution in [0.2, 0.25) is 0 Å². The molecule has 0 aliphatic carbocycles. The number of para-hydroxylation sites is 4. The monoisotopic (exact) mass is 431 g/mol. The van der Waals surface area contributed by atoms with Crippen LogP contribution in [0.5, 0.6) is 5.75 Å². The van der Waals surface area contributed by atoms with Gasteiger partial charge in [-0.25, -0.2) is 9.97 Å². The Kier molecular flexibility index (Phi) is 5.36. The first kappa shape index (κ1) is 20.3. The van der Waals surface area contributed by atoms with Crippen molar-refractivity contribution in [1.29, 1.82) is 0 Å². The maximum Gasteiger partial charge on any atom is 0.257 e. The van der Waals surface area contributed by atoms with Crippen molar-refractivity contribution in [2.45, 2.75) is 25.9 Å². The van der Waals surface area contributed by atoms with Crippen molar-refractivity contribution in [2.24, 2.45) is 0 Å². The highest BCUT2D eigenvalue weighted by Crippen LogP contribution is 2.34. The Bertz CT molecular complexity index is 1290. The van der Waals surface area contributed by atoms with Crippen LogP contribution in [0.3, 0.4) is 0 Å². The molecule has 1 atom stereocenters. The normalized spacial score (nSPS) is 16.0. The summed E-state index contributed by atoms with van der Waals surface area (Å²) in [4.78, 5) is 22.9. The number of fused-ring (bicyclic) bond motifs is 2. The van der Waals surface area contributed by atoms with Gasteiger partial charge >= 0.3 is 0 Å². The van der Waals surface area contributed by atoms with Crippen molar-refractivity contribution in [1.82, 2.24) is 19.9 Å². The topological polar surface area (TPSA) is 104 Å². The van der Waals surface area contributed by atoms with Gasteiger partial charge in [0.15, 0.2) is 5.65 Å². The first-order valence-electron chi connectivity index (χ1n) is 10.9. The SMILES string of the molecule is CCOc1ccccc1-n1c(N)c(C(=O)NC[C@H]2CCCO2)c2nc3ccccc3nc21. The van der Waals surface area contributed by atoms with Crippen LogP contribution in [0.15, 0.2) is 48.5 Å². The standard InChI is InChI=1S/C24H25N5O3/c1-2-31-19-12-6-5-11-18(19)29-22(25)20(24(30)26-14-15-8-7-13-32-15)21-23(29)28-17-10-4-3-9-16(17)27-21/h3-6,9-12,15H,2,7-8,13-14,25H2,1H3,(H,26,30)/t15-/m1/s1. The summed E-state index contributed by atoms with van der Waals surface area (Å²) < 4.78 is 13.2. The Morgan fingerprint density at radius 1 is 1.19 bits per heavy atom. The minimum absolute atomic E-state index is 0.0270. The van der Waals surface area contributed by atoms with Crippen molar-refractivity contribution < 1.29 is 14.3 Å². The van der Waals surface area contributed by atoms with Gasteiger partial charge in [-0.2, -0.15) is 0 Å². The number of hydrogen-bond donors (Lipinski definition) is 2. The van der Waals surface area contributed by atoms with Crippen LogP contribution < -0.4 is 15.8 Å². The van der Waals surface area contributed by atoms with Crippen LogP contribution in [0, 0.1) is 0 Å². The van der Waals surface area contributed by atoms with Crippen LogP contribution in [-0.4, -0.2) is 46.3 Å². The smallest absolute Gasteiger partial charge is 0.257 e. The number of benzene rings is 2. The summed E-state index contributed by atoms with van der Waals surface area (Å²) in [7, 11) is 0. The van der Waals surface area contributed by atoms with Gasteiger partial charge in [0.1, 0.15) is 22.6 Å². The summed E-state index contributed by atoms with van der Waals surface area (Å²) in [6, 6.07) is 15.1. The molecule has 1 aliphatic rings. The van der Waals surface area contributed by atoms with Gasteiger partial charge in [0.25, 0.3) is 5.91 Å². The molecule has 8 nitrogen and oxygen atoms in total. The fraction of sp³-hybridized carbons (Fsp3) is 0.292. The van der Waals surface area contributed by atoms with Crippen LogP contribution in [0.25, 0.3) is 27.9 Å². The first-order chi connectivity index (χ1) is 15.7. The van der Waals surface area contributed by atoms with E-state index in [2.05, 4.69) is 5.32 Å². The average molecular weight is 431 g/mol. The van der Waals surface area contributed by atoms with Gasteiger partial charge in [-0.05, 0) is 44.0 Å². The maximum absolute atomic E-state index is 13.3. The molecule has 1 saturated heterocycles. The molecule has 4 aromatic rings. The number of rotatable bonds is 6. The second-order valence-electron chi connectivity index (χ2n) is 7.73. The molecule has 1 amide bonds. The molecular formula is C24H25N5O3. The summed E-state index contributed by atoms with van der Waals surface area (Å²) >= 11 is 0. The number of aromatic nitrogens is 3. The number of carbonyl (C=O) groups excluding carboxylic acids is 1. The Labute approximate surface area is 185 Å². The highest BCUT2D eigenvalue weighted by Gasteiger charge is 2.27. The highest BCUT2D eigenvalue weighted by molar-refractivity contribution is 6.11. The van der Waals surface area contributed by atoms with Gasteiger partial charge in [-0.1, -0.05) is 24.3 Å². The van der Waals surface area contributed by atoms with Gasteiger partial charge in [0, 0.05) is 13.2 Å². The first-order valence-corrected chi connectivity index (χ1v) is 10.9. The molecule has 8 heteroatoms. The number of nitrogen functional groups attached to an aromatic ring is 1. The molecule has 0 radical (unpaired) electrons. The number of amides is 1. The zero-order valence-electron chi connectivity index (χ0n) is 17.9. The molecule has 1 aliphatic heterocycles. The Hall–Kier alpha value is -3.65. The van der Waals surface area contributed by atoms with E-state index in [1.54, 1.807) is 4.57 Å². The lowest BCUT2D eigenvalue weighted by atomic mass is 10.2. The second kappa shape index (κ2) is 8.47. The van der Waals surface area contributed by atoms with E-state index in [1.807, 2.05) is 55.5 Å². The molecule has 3 N–H and O–H groups in total. The van der Waals surface area contributed by atoms with E-state index in [0.717, 1.165) is 25.0 Å². The van der Waals surface area contributed by atoms with E-state index in [9.17, 15) is 4.79 Å². The molecule has 0 bridgehead atoms. The molecule has 1 fully saturated rings. The lowest BCUT2D eigenvalue weighted by Gasteiger charge is -2.13. The Morgan fingerprint density at radius 2 is 1.94 bits per heavy atom. The zero-order chi connectivity index (χ0) is 22.1. The van der Waals surface area contributed by atoms with E-state index in [1.165, 1.54) is 0 Å². The predicted octanol–water partition coefficient (Wildman–Crippen LogP) is 3.46. The molecule has 0 unspecified atom stereocenters. The second-order valence-corrected chi connectivity index (χ2v) is 7.73. The van der Waals surface area contributed by atoms with Crippen LogP contribution >= 0.6 is 0 Å². The minimum atomic E-state index is -0.291. The van der Waals surface area contributed by atoms with Gasteiger partial charge in [-0.15, -0.1) is 0 Å². The summed E-state index contributed by atoms with van der Waals surface area (Å²) in [6.07, 6.45) is 1.97. The lowest BCUT2D eigenvalue weighted by Crippen LogP contribution is -2.32. The van der Waals surface area contributed by atoms with E-state index in [4.69, 9.17) is 25.2 Å². The van der Waals surface area contributed by atoms with Crippen molar-refractivity contribution in [3.8, 4) is 11.4 Å². The van der Waals surface area contributed by atoms with E-state index in [-0.39, 0.29) is 17.8 Å². The molecule has 0 saturated carbocycles. The number of nitrogens with zero attached hydrogens (tertiary/aromatic N) is 3. The number of carbonyl (C=O) groups is 1. The molecule has 3 heterocycles. The molecule has 0 spiro atoms. The predicted molar refractivity (Wildman–Crippen MR) is 123 cm³/mol. The van der Waals surface area contributed by atoms with Crippen molar-refractivity contribution in [2.75, 3.05) is 25.5 Å². The zero-order valence-corrected chi connectivity index (χ0v) is 17.9. The number of hydrogen-bond acceptors (Lipinski definition) is 6. The van der Waals surface area contributed by atoms with Crippen molar-refractivity contribution in [3.05, 3.63) is 54.1 Å². The van der Waals surface area contributed by atoms with Gasteiger partial charge < -0.3 is 20.5 Å². The largest absolute Gasteiger partial charge is 0.492 e. The van der Waals surface area contributed by atoms with E-state index >= 15 is 0 Å². The third kappa shape index (κ3) is 3.52. The van der Waals surface area contributed by atoms with E-state index in [0.29, 0.717) is 46.8 Å². The van der Waals surface area contributed by atoms with Crippen LogP contribution in [-0.2, 0) is 4.74 Å². The van der Waals surface area contributed by atoms with E-state index < -0.39 is 0 Å². The fourth-order valence-electron chi connectivity index (χ4n) is 4.15. The molecular weight excluding hydrogens is 406 g/mol. The number of ether oxygens (including phenoxy) is 2. The lowest BCUT2D eigenvalue weighted by molar-refractivity contribution is 0.0859. The van der Waals surface area contributed by atoms with Crippen LogP contribution in [0.4, 0.5) is 5.82 Å². The maximum atomic E-state index is 13.3. The van der Waals surface area contributed by atoms with Gasteiger partial charge in [0.05, 0.1) is 29.4 Å². The Balaban J connectivity index is 1.69. The Morgan fingerprint density at radius 3 is 2.69 bits per heavy atom. The molecule has 2 aromatic heterocycles. The third-order valence-corrected chi connectivity index (χ3v) is 5.65. The minimum Gasteiger partial charge on any atom is -0.492 e. The third-order valence-electron chi connectivity index (χ3n) is 5.65. The summed E-state index contributed by atoms with van der Waals surface area (Å²) in [5.74, 6) is 0.632. The number of anilines is 1. The van der Waals surface area contributed by atoms with Gasteiger partial charge in [-0.3, -0.25) is 9.36 Å². The summed E-state index contributed by atoms with van der Waals surface area (Å²) in [5.41, 5.74) is 10.00. The van der Waals surface area contributed by atoms with Gasteiger partial charge in [0.2, 0.25) is 0 Å². The van der Waals surface area contributed by atoms with Crippen molar-refractivity contribution >= 4 is 33.9 Å².